The van der Waals surface area contributed by atoms with Crippen molar-refractivity contribution in [3.05, 3.63) is 70.7 Å². The van der Waals surface area contributed by atoms with Crippen molar-refractivity contribution in [2.45, 2.75) is 53.9 Å². The normalized spacial score (nSPS) is 10.1. The second-order valence-corrected chi connectivity index (χ2v) is 9.52. The fourth-order valence-electron chi connectivity index (χ4n) is 2.98. The average molecular weight is 582 g/mol. The molecular weight excluding hydrogens is 542 g/mol. The van der Waals surface area contributed by atoms with Crippen LogP contribution in [0.25, 0.3) is 0 Å². The largest absolute Gasteiger partial charge is 0.255 e. The second-order valence-electron chi connectivity index (χ2n) is 8.03. The maximum atomic E-state index is 5.82. The molecule has 0 spiro atoms. The topological polar surface area (TPSA) is 35.2 Å². The lowest BCUT2D eigenvalue weighted by Crippen LogP contribution is -2.28. The van der Waals surface area contributed by atoms with Gasteiger partial charge in [0.05, 0.1) is 54.4 Å². The molecule has 8 nitrogen and oxygen atoms in total. The molecule has 0 atom stereocenters. The van der Waals surface area contributed by atoms with E-state index in [0.29, 0.717) is 10.3 Å². The van der Waals surface area contributed by atoms with Crippen LogP contribution in [0.4, 0.5) is 0 Å². The van der Waals surface area contributed by atoms with Gasteiger partial charge in [-0.3, -0.25) is 0 Å². The van der Waals surface area contributed by atoms with Gasteiger partial charge in [-0.25, -0.2) is 36.5 Å². The first-order valence-corrected chi connectivity index (χ1v) is 13.3. The highest BCUT2D eigenvalue weighted by atomic mass is 35.5. The lowest BCUT2D eigenvalue weighted by Gasteiger charge is -1.85. The van der Waals surface area contributed by atoms with Crippen molar-refractivity contribution >= 4 is 46.4 Å². The van der Waals surface area contributed by atoms with Crippen LogP contribution in [0.2, 0.25) is 20.6 Å². The fraction of sp³-hybridized carbons (Fsp3) is 0.500. The Labute approximate surface area is 235 Å². The number of halogens is 4. The van der Waals surface area contributed by atoms with Crippen LogP contribution >= 0.6 is 46.4 Å². The van der Waals surface area contributed by atoms with Crippen molar-refractivity contribution in [3.8, 4) is 0 Å². The summed E-state index contributed by atoms with van der Waals surface area (Å²) in [6.45, 7) is 12.1. The molecule has 0 radical (unpaired) electrons. The highest BCUT2D eigenvalue weighted by molar-refractivity contribution is 6.39. The van der Waals surface area contributed by atoms with Crippen LogP contribution in [0.1, 0.15) is 27.7 Å². The lowest BCUT2D eigenvalue weighted by molar-refractivity contribution is -0.693. The number of aromatic nitrogens is 8. The molecule has 4 aromatic rings. The van der Waals surface area contributed by atoms with E-state index in [4.69, 9.17) is 46.4 Å². The Hall–Kier alpha value is -2.00. The third-order valence-corrected chi connectivity index (χ3v) is 6.73. The summed E-state index contributed by atoms with van der Waals surface area (Å²) in [5, 5.41) is 2.76. The minimum Gasteiger partial charge on any atom is -0.240 e. The first-order valence-electron chi connectivity index (χ1n) is 11.8. The molecule has 12 heteroatoms. The molecule has 0 aliphatic heterocycles. The van der Waals surface area contributed by atoms with Gasteiger partial charge in [-0.2, -0.15) is 0 Å². The Morgan fingerprint density at radius 3 is 1.58 bits per heavy atom. The van der Waals surface area contributed by atoms with E-state index in [1.54, 1.807) is 4.57 Å². The molecule has 0 aliphatic carbocycles. The van der Waals surface area contributed by atoms with Gasteiger partial charge in [0, 0.05) is 0 Å². The molecular formula is C24H40Cl4N8+4. The summed E-state index contributed by atoms with van der Waals surface area (Å²) in [7, 11) is 7.76. The minimum absolute atomic E-state index is 0.587. The van der Waals surface area contributed by atoms with E-state index in [9.17, 15) is 0 Å². The van der Waals surface area contributed by atoms with Gasteiger partial charge in [0.2, 0.25) is 35.6 Å². The van der Waals surface area contributed by atoms with Crippen molar-refractivity contribution in [2.24, 2.45) is 28.2 Å². The van der Waals surface area contributed by atoms with Gasteiger partial charge in [0.15, 0.2) is 0 Å². The second kappa shape index (κ2) is 16.0. The van der Waals surface area contributed by atoms with Crippen LogP contribution in [0.5, 0.6) is 0 Å². The van der Waals surface area contributed by atoms with Crippen molar-refractivity contribution in [3.63, 3.8) is 0 Å². The summed E-state index contributed by atoms with van der Waals surface area (Å²) in [6, 6.07) is 0. The molecule has 36 heavy (non-hydrogen) atoms. The molecule has 0 saturated heterocycles. The summed E-state index contributed by atoms with van der Waals surface area (Å²) >= 11 is 23.1. The van der Waals surface area contributed by atoms with E-state index in [2.05, 4.69) is 37.9 Å². The Morgan fingerprint density at radius 2 is 1.36 bits per heavy atom. The number of hydrogen-bond acceptors (Lipinski definition) is 0. The monoisotopic (exact) mass is 580 g/mol. The number of aryl methyl sites for hydroxylation is 8. The van der Waals surface area contributed by atoms with E-state index >= 15 is 0 Å². The van der Waals surface area contributed by atoms with Gasteiger partial charge >= 0.3 is 0 Å². The molecule has 0 aliphatic rings. The zero-order valence-electron chi connectivity index (χ0n) is 22.5. The van der Waals surface area contributed by atoms with E-state index in [1.807, 2.05) is 100 Å². The average Bonchev–Trinajstić information content (AvgIpc) is 3.59. The quantitative estimate of drug-likeness (QED) is 0.327. The van der Waals surface area contributed by atoms with Crippen molar-refractivity contribution in [2.75, 3.05) is 0 Å². The molecule has 200 valence electrons. The molecule has 0 bridgehead atoms. The summed E-state index contributed by atoms with van der Waals surface area (Å²) in [6.07, 6.45) is 15.7. The van der Waals surface area contributed by atoms with Crippen LogP contribution < -0.4 is 18.3 Å². The van der Waals surface area contributed by atoms with Crippen LogP contribution in [-0.2, 0) is 54.4 Å². The lowest BCUT2D eigenvalue weighted by atomic mass is 10.7. The predicted octanol–water partition coefficient (Wildman–Crippen LogP) is 3.94. The third kappa shape index (κ3) is 10.2. The van der Waals surface area contributed by atoms with E-state index in [-0.39, 0.29) is 0 Å². The molecule has 0 N–H and O–H groups in total. The van der Waals surface area contributed by atoms with E-state index in [0.717, 1.165) is 36.5 Å². The van der Waals surface area contributed by atoms with Gasteiger partial charge in [-0.05, 0) is 74.1 Å². The first-order chi connectivity index (χ1) is 17.0. The van der Waals surface area contributed by atoms with Gasteiger partial charge in [0.1, 0.15) is 24.8 Å². The Balaban J connectivity index is 0.000000241. The van der Waals surface area contributed by atoms with Crippen LogP contribution in [0.3, 0.4) is 0 Å². The molecule has 0 fully saturated rings. The van der Waals surface area contributed by atoms with E-state index < -0.39 is 0 Å². The van der Waals surface area contributed by atoms with Crippen molar-refractivity contribution < 1.29 is 18.3 Å². The maximum absolute atomic E-state index is 5.82. The van der Waals surface area contributed by atoms with Gasteiger partial charge in [-0.1, -0.05) is 0 Å². The predicted molar refractivity (Wildman–Crippen MR) is 145 cm³/mol. The van der Waals surface area contributed by atoms with Crippen LogP contribution in [-0.4, -0.2) is 18.3 Å². The number of hydrogen-bond donors (Lipinski definition) is 0. The van der Waals surface area contributed by atoms with Crippen molar-refractivity contribution in [1.29, 1.82) is 0 Å². The summed E-state index contributed by atoms with van der Waals surface area (Å²) in [5.41, 5.74) is 0. The minimum atomic E-state index is 0.587. The fourth-order valence-corrected chi connectivity index (χ4v) is 3.91. The first kappa shape index (κ1) is 32.0. The molecule has 0 unspecified atom stereocenters. The third-order valence-electron chi connectivity index (χ3n) is 5.12. The Kier molecular flexibility index (Phi) is 14.2. The maximum Gasteiger partial charge on any atom is 0.255 e. The highest BCUT2D eigenvalue weighted by Crippen LogP contribution is 2.17. The van der Waals surface area contributed by atoms with Gasteiger partial charge < -0.3 is 0 Å². The molecule has 0 saturated carbocycles. The molecule has 0 aromatic carbocycles. The zero-order chi connectivity index (χ0) is 27.4. The molecule has 4 rings (SSSR count). The van der Waals surface area contributed by atoms with Crippen LogP contribution in [0.15, 0.2) is 50.1 Å². The zero-order valence-corrected chi connectivity index (χ0v) is 25.6. The summed E-state index contributed by atoms with van der Waals surface area (Å²) in [4.78, 5) is 0. The smallest absolute Gasteiger partial charge is 0.240 e. The van der Waals surface area contributed by atoms with Crippen molar-refractivity contribution in [1.82, 2.24) is 18.3 Å². The van der Waals surface area contributed by atoms with Gasteiger partial charge in [0.25, 0.3) is 10.3 Å². The number of rotatable bonds is 4. The number of nitrogens with zero attached hydrogens (tertiary/aromatic N) is 8. The Bertz CT molecular complexity index is 1170. The standard InChI is InChI=1S/C6H9Cl2N2.2C6H10ClN2.C6H11N2/c1-3-10-4-9(2)5(7)6(10)8;1-3-9-4-6(7)8(2)5-9;1-3-9-5-8(2)4-6(9)7;1-3-8-5-4-7(2)6-8/h4H,3H2,1-2H3;2*4-5H,3H2,1-2H3;4-6H,3H2,1-2H3/q4*+1. The number of imidazole rings is 4. The molecule has 4 heterocycles. The molecule has 4 aromatic heterocycles. The van der Waals surface area contributed by atoms with Crippen LogP contribution in [0, 0.1) is 0 Å². The Morgan fingerprint density at radius 1 is 0.722 bits per heavy atom. The summed E-state index contributed by atoms with van der Waals surface area (Å²) in [5.74, 6) is 0. The highest BCUT2D eigenvalue weighted by Gasteiger charge is 2.15. The summed E-state index contributed by atoms with van der Waals surface area (Å²) < 4.78 is 15.6. The SMILES string of the molecule is CC[n+]1cc(Cl)n(C)c1.CCn1c[n+](C)c(Cl)c1Cl.CCn1c[n+](C)cc1Cl.CCn1cc[n+](C)c1. The van der Waals surface area contributed by atoms with Gasteiger partial charge in [-0.15, -0.1) is 0 Å². The molecule has 0 amide bonds. The van der Waals surface area contributed by atoms with E-state index in [1.165, 1.54) is 0 Å².